The van der Waals surface area contributed by atoms with Crippen molar-refractivity contribution in [2.24, 2.45) is 5.73 Å². The van der Waals surface area contributed by atoms with Crippen molar-refractivity contribution >= 4 is 34.9 Å². The number of aryl methyl sites for hydroxylation is 1. The van der Waals surface area contributed by atoms with Gasteiger partial charge >= 0.3 is 11.7 Å². The summed E-state index contributed by atoms with van der Waals surface area (Å²) in [7, 11) is 1.85. The quantitative estimate of drug-likeness (QED) is 0.403. The summed E-state index contributed by atoms with van der Waals surface area (Å²) in [6.45, 7) is 3.74. The average Bonchev–Trinajstić information content (AvgIpc) is 2.79. The van der Waals surface area contributed by atoms with Crippen molar-refractivity contribution in [1.82, 2.24) is 9.13 Å². The number of hydrogen-bond donors (Lipinski definition) is 1. The number of esters is 1. The van der Waals surface area contributed by atoms with Crippen LogP contribution in [-0.4, -0.2) is 35.4 Å². The van der Waals surface area contributed by atoms with Gasteiger partial charge in [0.05, 0.1) is 35.6 Å². The minimum Gasteiger partial charge on any atom is -0.462 e. The Morgan fingerprint density at radius 1 is 1.18 bits per heavy atom. The fourth-order valence-electron chi connectivity index (χ4n) is 3.43. The molecule has 0 aliphatic carbocycles. The van der Waals surface area contributed by atoms with Crippen molar-refractivity contribution < 1.29 is 9.53 Å². The van der Waals surface area contributed by atoms with Gasteiger partial charge in [0, 0.05) is 18.9 Å². The summed E-state index contributed by atoms with van der Waals surface area (Å²) in [6.07, 6.45) is 1.21. The van der Waals surface area contributed by atoms with E-state index in [-0.39, 0.29) is 23.7 Å². The Morgan fingerprint density at radius 2 is 1.91 bits per heavy atom. The third-order valence-electron chi connectivity index (χ3n) is 5.17. The van der Waals surface area contributed by atoms with Crippen molar-refractivity contribution in [3.8, 4) is 5.69 Å². The van der Waals surface area contributed by atoms with Crippen LogP contribution >= 0.6 is 23.2 Å². The van der Waals surface area contributed by atoms with E-state index in [1.54, 1.807) is 37.3 Å². The van der Waals surface area contributed by atoms with Gasteiger partial charge in [0.15, 0.2) is 0 Å². The molecule has 0 amide bonds. The molecule has 0 saturated heterocycles. The summed E-state index contributed by atoms with van der Waals surface area (Å²) in [5.74, 6) is -0.821. The van der Waals surface area contributed by atoms with Gasteiger partial charge in [0.1, 0.15) is 5.56 Å². The summed E-state index contributed by atoms with van der Waals surface area (Å²) >= 11 is 12.4. The van der Waals surface area contributed by atoms with E-state index in [1.165, 1.54) is 10.8 Å². The Bertz CT molecular complexity index is 1320. The molecular formula is C23H24Cl2N4O4. The van der Waals surface area contributed by atoms with Crippen LogP contribution < -0.4 is 21.9 Å². The largest absolute Gasteiger partial charge is 0.462 e. The Labute approximate surface area is 200 Å². The Balaban J connectivity index is 2.23. The third-order valence-corrected chi connectivity index (χ3v) is 6.03. The van der Waals surface area contributed by atoms with Crippen LogP contribution in [0.25, 0.3) is 5.69 Å². The Hall–Kier alpha value is -3.07. The second-order valence-corrected chi connectivity index (χ2v) is 8.16. The summed E-state index contributed by atoms with van der Waals surface area (Å²) < 4.78 is 7.23. The number of anilines is 1. The van der Waals surface area contributed by atoms with Crippen LogP contribution in [0.3, 0.4) is 0 Å². The highest BCUT2D eigenvalue weighted by molar-refractivity contribution is 6.42. The van der Waals surface area contributed by atoms with Crippen molar-refractivity contribution in [2.45, 2.75) is 20.4 Å². The van der Waals surface area contributed by atoms with Gasteiger partial charge in [-0.3, -0.25) is 13.9 Å². The molecule has 3 rings (SSSR count). The van der Waals surface area contributed by atoms with E-state index >= 15 is 0 Å². The molecule has 0 bridgehead atoms. The van der Waals surface area contributed by atoms with Crippen molar-refractivity contribution in [3.63, 3.8) is 0 Å². The van der Waals surface area contributed by atoms with Crippen LogP contribution in [-0.2, 0) is 11.3 Å². The van der Waals surface area contributed by atoms with Crippen molar-refractivity contribution in [3.05, 3.63) is 90.2 Å². The van der Waals surface area contributed by atoms with E-state index in [0.717, 1.165) is 15.8 Å². The fraction of sp³-hybridized carbons (Fsp3) is 0.261. The number of halogens is 2. The molecule has 1 aromatic heterocycles. The summed E-state index contributed by atoms with van der Waals surface area (Å²) in [5.41, 5.74) is 6.73. The fourth-order valence-corrected chi connectivity index (χ4v) is 3.81. The van der Waals surface area contributed by atoms with E-state index in [1.807, 2.05) is 24.9 Å². The van der Waals surface area contributed by atoms with Crippen LogP contribution in [0.15, 0.2) is 52.2 Å². The van der Waals surface area contributed by atoms with Gasteiger partial charge in [-0.15, -0.1) is 0 Å². The van der Waals surface area contributed by atoms with Crippen molar-refractivity contribution in [2.75, 3.05) is 25.2 Å². The number of nitrogens with two attached hydrogens (primary N) is 1. The Morgan fingerprint density at radius 3 is 2.55 bits per heavy atom. The maximum Gasteiger partial charge on any atom is 0.345 e. The molecule has 0 spiro atoms. The lowest BCUT2D eigenvalue weighted by Gasteiger charge is -2.20. The summed E-state index contributed by atoms with van der Waals surface area (Å²) in [6, 6.07) is 10.2. The number of ether oxygens (including phenoxy) is 1. The van der Waals surface area contributed by atoms with Crippen LogP contribution in [0.1, 0.15) is 28.4 Å². The third kappa shape index (κ3) is 4.98. The van der Waals surface area contributed by atoms with Gasteiger partial charge in [-0.25, -0.2) is 9.59 Å². The molecule has 0 fully saturated rings. The van der Waals surface area contributed by atoms with Crippen LogP contribution in [0.4, 0.5) is 5.69 Å². The molecule has 0 unspecified atom stereocenters. The minimum atomic E-state index is -0.821. The first kappa shape index (κ1) is 24.6. The van der Waals surface area contributed by atoms with E-state index in [2.05, 4.69) is 0 Å². The number of benzene rings is 2. The highest BCUT2D eigenvalue weighted by atomic mass is 35.5. The molecule has 0 atom stereocenters. The van der Waals surface area contributed by atoms with Gasteiger partial charge in [0.25, 0.3) is 5.56 Å². The van der Waals surface area contributed by atoms with Gasteiger partial charge in [-0.2, -0.15) is 0 Å². The lowest BCUT2D eigenvalue weighted by molar-refractivity contribution is 0.0522. The zero-order chi connectivity index (χ0) is 24.3. The van der Waals surface area contributed by atoms with Gasteiger partial charge in [-0.1, -0.05) is 35.3 Å². The number of rotatable bonds is 7. The van der Waals surface area contributed by atoms with Gasteiger partial charge in [-0.05, 0) is 49.2 Å². The normalized spacial score (nSPS) is 10.8. The second-order valence-electron chi connectivity index (χ2n) is 7.37. The number of carbonyl (C=O) groups is 1. The zero-order valence-corrected chi connectivity index (χ0v) is 20.0. The van der Waals surface area contributed by atoms with E-state index < -0.39 is 17.2 Å². The monoisotopic (exact) mass is 490 g/mol. The number of hydrogen-bond acceptors (Lipinski definition) is 6. The molecule has 1 heterocycles. The maximum absolute atomic E-state index is 13.4. The van der Waals surface area contributed by atoms with Crippen LogP contribution in [0.5, 0.6) is 0 Å². The molecule has 0 aliphatic rings. The molecule has 8 nitrogen and oxygen atoms in total. The first-order valence-corrected chi connectivity index (χ1v) is 10.9. The molecule has 2 aromatic carbocycles. The number of nitrogens with zero attached hydrogens (tertiary/aromatic N) is 3. The molecule has 0 saturated carbocycles. The highest BCUT2D eigenvalue weighted by Crippen LogP contribution is 2.26. The van der Waals surface area contributed by atoms with Crippen LogP contribution in [0, 0.1) is 6.92 Å². The molecule has 0 aliphatic heterocycles. The molecule has 10 heteroatoms. The van der Waals surface area contributed by atoms with Crippen molar-refractivity contribution in [1.29, 1.82) is 0 Å². The van der Waals surface area contributed by atoms with Crippen LogP contribution in [0.2, 0.25) is 10.0 Å². The number of aromatic nitrogens is 2. The molecule has 2 N–H and O–H groups in total. The average molecular weight is 491 g/mol. The second kappa shape index (κ2) is 10.2. The summed E-state index contributed by atoms with van der Waals surface area (Å²) in [4.78, 5) is 40.8. The van der Waals surface area contributed by atoms with E-state index in [0.29, 0.717) is 22.9 Å². The lowest BCUT2D eigenvalue weighted by Crippen LogP contribution is -2.42. The first-order chi connectivity index (χ1) is 15.7. The molecule has 174 valence electrons. The Kier molecular flexibility index (Phi) is 7.63. The maximum atomic E-state index is 13.4. The SMILES string of the molecule is CCOC(=O)c1cn(-c2ccc(N(C)CN)c(C)c2)c(=O)n(Cc2cccc(Cl)c2Cl)c1=O. The van der Waals surface area contributed by atoms with E-state index in [9.17, 15) is 14.4 Å². The van der Waals surface area contributed by atoms with Gasteiger partial charge in [0.2, 0.25) is 0 Å². The molecule has 0 radical (unpaired) electrons. The topological polar surface area (TPSA) is 99.6 Å². The zero-order valence-electron chi connectivity index (χ0n) is 18.5. The highest BCUT2D eigenvalue weighted by Gasteiger charge is 2.20. The predicted molar refractivity (Wildman–Crippen MR) is 130 cm³/mol. The summed E-state index contributed by atoms with van der Waals surface area (Å²) in [5, 5.41) is 0.517. The molecular weight excluding hydrogens is 467 g/mol. The smallest absolute Gasteiger partial charge is 0.345 e. The predicted octanol–water partition coefficient (Wildman–Crippen LogP) is 3.19. The minimum absolute atomic E-state index is 0.0801. The van der Waals surface area contributed by atoms with E-state index in [4.69, 9.17) is 33.7 Å². The first-order valence-electron chi connectivity index (χ1n) is 10.2. The molecule has 33 heavy (non-hydrogen) atoms. The van der Waals surface area contributed by atoms with Gasteiger partial charge < -0.3 is 15.4 Å². The number of carbonyl (C=O) groups excluding carboxylic acids is 1. The lowest BCUT2D eigenvalue weighted by atomic mass is 10.1. The standard InChI is InChI=1S/C23H24Cl2N4O4/c1-4-33-22(31)17-12-28(16-8-9-19(14(2)10-16)27(3)13-26)23(32)29(21(17)30)11-15-6-5-7-18(24)20(15)25/h5-10,12H,4,11,13,26H2,1-3H3. The molecule has 3 aromatic rings.